The first-order valence-electron chi connectivity index (χ1n) is 6.20. The number of hydrogen-bond donors (Lipinski definition) is 2. The summed E-state index contributed by atoms with van der Waals surface area (Å²) >= 11 is 0. The lowest BCUT2D eigenvalue weighted by Crippen LogP contribution is -2.33. The van der Waals surface area contributed by atoms with Crippen LogP contribution in [0.15, 0.2) is 12.1 Å². The van der Waals surface area contributed by atoms with E-state index in [0.29, 0.717) is 30.1 Å². The average molecular weight is 269 g/mol. The van der Waals surface area contributed by atoms with Gasteiger partial charge < -0.3 is 25.1 Å². The molecule has 1 aromatic carbocycles. The van der Waals surface area contributed by atoms with Crippen LogP contribution in [0.5, 0.6) is 17.2 Å². The summed E-state index contributed by atoms with van der Waals surface area (Å²) in [5.74, 6) is 1.71. The van der Waals surface area contributed by atoms with Crippen molar-refractivity contribution in [3.05, 3.63) is 17.7 Å². The quantitative estimate of drug-likeness (QED) is 0.787. The van der Waals surface area contributed by atoms with Crippen LogP contribution in [0.25, 0.3) is 0 Å². The van der Waals surface area contributed by atoms with Crippen molar-refractivity contribution < 1.29 is 19.3 Å². The molecule has 0 aromatic heterocycles. The fourth-order valence-corrected chi connectivity index (χ4v) is 2.00. The fraction of sp³-hybridized carbons (Fsp3) is 0.571. The van der Waals surface area contributed by atoms with Crippen LogP contribution in [0.2, 0.25) is 0 Å². The lowest BCUT2D eigenvalue weighted by Gasteiger charge is -2.26. The Morgan fingerprint density at radius 1 is 1.11 bits per heavy atom. The van der Waals surface area contributed by atoms with Crippen LogP contribution in [-0.2, 0) is 5.54 Å². The van der Waals surface area contributed by atoms with Crippen LogP contribution in [0, 0.1) is 0 Å². The van der Waals surface area contributed by atoms with Gasteiger partial charge in [-0.15, -0.1) is 0 Å². The molecule has 1 atom stereocenters. The first kappa shape index (κ1) is 15.6. The SMILES string of the molecule is COc1cc(C(C)(N)CCCO)cc(OC)c1OC. The van der Waals surface area contributed by atoms with Gasteiger partial charge in [0.25, 0.3) is 0 Å². The van der Waals surface area contributed by atoms with Crippen molar-refractivity contribution in [2.45, 2.75) is 25.3 Å². The number of benzene rings is 1. The predicted molar refractivity (Wildman–Crippen MR) is 74.0 cm³/mol. The third-order valence-corrected chi connectivity index (χ3v) is 3.18. The van der Waals surface area contributed by atoms with Crippen LogP contribution in [0.1, 0.15) is 25.3 Å². The minimum atomic E-state index is -0.560. The second kappa shape index (κ2) is 6.63. The number of ether oxygens (including phenoxy) is 3. The summed E-state index contributed by atoms with van der Waals surface area (Å²) in [6.45, 7) is 2.04. The molecule has 108 valence electrons. The van der Waals surface area contributed by atoms with Gasteiger partial charge >= 0.3 is 0 Å². The van der Waals surface area contributed by atoms with Gasteiger partial charge in [0.2, 0.25) is 5.75 Å². The fourth-order valence-electron chi connectivity index (χ4n) is 2.00. The second-order valence-corrected chi connectivity index (χ2v) is 4.66. The highest BCUT2D eigenvalue weighted by molar-refractivity contribution is 5.55. The molecule has 0 saturated carbocycles. The Bertz CT molecular complexity index is 393. The lowest BCUT2D eigenvalue weighted by atomic mass is 9.88. The maximum Gasteiger partial charge on any atom is 0.203 e. The molecule has 1 rings (SSSR count). The number of aliphatic hydroxyl groups excluding tert-OH is 1. The minimum absolute atomic E-state index is 0.122. The van der Waals surface area contributed by atoms with E-state index in [1.807, 2.05) is 19.1 Å². The van der Waals surface area contributed by atoms with Gasteiger partial charge in [-0.05, 0) is 37.5 Å². The van der Waals surface area contributed by atoms with Crippen LogP contribution < -0.4 is 19.9 Å². The zero-order valence-corrected chi connectivity index (χ0v) is 12.0. The van der Waals surface area contributed by atoms with E-state index in [-0.39, 0.29) is 6.61 Å². The third kappa shape index (κ3) is 3.52. The highest BCUT2D eigenvalue weighted by Crippen LogP contribution is 2.41. The van der Waals surface area contributed by atoms with Crippen molar-refractivity contribution >= 4 is 0 Å². The zero-order valence-electron chi connectivity index (χ0n) is 12.0. The van der Waals surface area contributed by atoms with Gasteiger partial charge in [-0.1, -0.05) is 0 Å². The Labute approximate surface area is 114 Å². The molecule has 19 heavy (non-hydrogen) atoms. The predicted octanol–water partition coefficient (Wildman–Crippen LogP) is 1.66. The molecule has 0 aliphatic carbocycles. The van der Waals surface area contributed by atoms with E-state index in [1.165, 1.54) is 0 Å². The number of nitrogens with two attached hydrogens (primary N) is 1. The van der Waals surface area contributed by atoms with Crippen molar-refractivity contribution in [2.24, 2.45) is 5.73 Å². The molecule has 0 aliphatic heterocycles. The van der Waals surface area contributed by atoms with Gasteiger partial charge in [0.1, 0.15) is 0 Å². The van der Waals surface area contributed by atoms with Crippen molar-refractivity contribution in [3.63, 3.8) is 0 Å². The van der Waals surface area contributed by atoms with E-state index < -0.39 is 5.54 Å². The molecule has 0 spiro atoms. The Kier molecular flexibility index (Phi) is 5.44. The minimum Gasteiger partial charge on any atom is -0.493 e. The molecule has 0 bridgehead atoms. The highest BCUT2D eigenvalue weighted by atomic mass is 16.5. The van der Waals surface area contributed by atoms with Crippen LogP contribution in [-0.4, -0.2) is 33.0 Å². The van der Waals surface area contributed by atoms with E-state index in [2.05, 4.69) is 0 Å². The molecule has 0 amide bonds. The van der Waals surface area contributed by atoms with E-state index in [9.17, 15) is 0 Å². The molecule has 1 aromatic rings. The summed E-state index contributed by atoms with van der Waals surface area (Å²) in [6, 6.07) is 3.69. The van der Waals surface area contributed by atoms with E-state index in [1.54, 1.807) is 21.3 Å². The zero-order chi connectivity index (χ0) is 14.5. The normalized spacial score (nSPS) is 13.8. The Morgan fingerprint density at radius 2 is 1.63 bits per heavy atom. The van der Waals surface area contributed by atoms with Gasteiger partial charge in [-0.25, -0.2) is 0 Å². The van der Waals surface area contributed by atoms with E-state index >= 15 is 0 Å². The van der Waals surface area contributed by atoms with Gasteiger partial charge in [-0.3, -0.25) is 0 Å². The molecular weight excluding hydrogens is 246 g/mol. The molecule has 0 fully saturated rings. The monoisotopic (exact) mass is 269 g/mol. The summed E-state index contributed by atoms with van der Waals surface area (Å²) in [6.07, 6.45) is 1.31. The molecule has 5 nitrogen and oxygen atoms in total. The molecule has 0 saturated heterocycles. The van der Waals surface area contributed by atoms with Gasteiger partial charge in [0.15, 0.2) is 11.5 Å². The molecule has 0 heterocycles. The van der Waals surface area contributed by atoms with Crippen LogP contribution in [0.4, 0.5) is 0 Å². The topological polar surface area (TPSA) is 73.9 Å². The number of rotatable bonds is 7. The van der Waals surface area contributed by atoms with E-state index in [4.69, 9.17) is 25.1 Å². The number of hydrogen-bond acceptors (Lipinski definition) is 5. The summed E-state index contributed by atoms with van der Waals surface area (Å²) in [7, 11) is 4.71. The molecule has 1 unspecified atom stereocenters. The first-order valence-corrected chi connectivity index (χ1v) is 6.20. The van der Waals surface area contributed by atoms with Crippen molar-refractivity contribution in [2.75, 3.05) is 27.9 Å². The average Bonchev–Trinajstić information content (AvgIpc) is 2.43. The number of methoxy groups -OCH3 is 3. The first-order chi connectivity index (χ1) is 9.00. The second-order valence-electron chi connectivity index (χ2n) is 4.66. The summed E-state index contributed by atoms with van der Waals surface area (Å²) in [5, 5.41) is 8.94. The van der Waals surface area contributed by atoms with Crippen LogP contribution >= 0.6 is 0 Å². The standard InChI is InChI=1S/C14H23NO4/c1-14(15,6-5-7-16)10-8-11(17-2)13(19-4)12(9-10)18-3/h8-9,16H,5-7,15H2,1-4H3. The van der Waals surface area contributed by atoms with Crippen molar-refractivity contribution in [1.82, 2.24) is 0 Å². The Morgan fingerprint density at radius 3 is 2.00 bits per heavy atom. The highest BCUT2D eigenvalue weighted by Gasteiger charge is 2.24. The number of aliphatic hydroxyl groups is 1. The maximum absolute atomic E-state index is 8.94. The Balaban J connectivity index is 3.22. The molecule has 0 radical (unpaired) electrons. The third-order valence-electron chi connectivity index (χ3n) is 3.18. The van der Waals surface area contributed by atoms with Gasteiger partial charge in [0, 0.05) is 12.1 Å². The van der Waals surface area contributed by atoms with Crippen molar-refractivity contribution in [1.29, 1.82) is 0 Å². The Hall–Kier alpha value is -1.46. The molecule has 0 aliphatic rings. The van der Waals surface area contributed by atoms with Crippen molar-refractivity contribution in [3.8, 4) is 17.2 Å². The maximum atomic E-state index is 8.94. The summed E-state index contributed by atoms with van der Waals surface area (Å²) in [4.78, 5) is 0. The largest absolute Gasteiger partial charge is 0.493 e. The molecule has 5 heteroatoms. The molecule has 3 N–H and O–H groups in total. The van der Waals surface area contributed by atoms with E-state index in [0.717, 1.165) is 5.56 Å². The smallest absolute Gasteiger partial charge is 0.203 e. The lowest BCUT2D eigenvalue weighted by molar-refractivity contribution is 0.265. The molecular formula is C14H23NO4. The van der Waals surface area contributed by atoms with Gasteiger partial charge in [-0.2, -0.15) is 0 Å². The summed E-state index contributed by atoms with van der Waals surface area (Å²) in [5.41, 5.74) is 6.62. The van der Waals surface area contributed by atoms with Gasteiger partial charge in [0.05, 0.1) is 21.3 Å². The van der Waals surface area contributed by atoms with Crippen LogP contribution in [0.3, 0.4) is 0 Å². The summed E-state index contributed by atoms with van der Waals surface area (Å²) < 4.78 is 15.9.